The highest BCUT2D eigenvalue weighted by Crippen LogP contribution is 2.31. The second kappa shape index (κ2) is 7.47. The van der Waals surface area contributed by atoms with Gasteiger partial charge in [-0.3, -0.25) is 4.79 Å². The van der Waals surface area contributed by atoms with Gasteiger partial charge in [-0.1, -0.05) is 35.9 Å². The topological polar surface area (TPSA) is 51.2 Å². The average molecular weight is 359 g/mol. The van der Waals surface area contributed by atoms with E-state index in [2.05, 4.69) is 10.3 Å². The van der Waals surface area contributed by atoms with Crippen molar-refractivity contribution >= 4 is 34.0 Å². The van der Waals surface area contributed by atoms with Crippen molar-refractivity contribution < 1.29 is 9.53 Å². The van der Waals surface area contributed by atoms with Crippen LogP contribution in [0.25, 0.3) is 11.3 Å². The molecule has 4 nitrogen and oxygen atoms in total. The van der Waals surface area contributed by atoms with Gasteiger partial charge in [-0.15, -0.1) is 11.3 Å². The summed E-state index contributed by atoms with van der Waals surface area (Å²) in [4.78, 5) is 16.6. The first-order valence-electron chi connectivity index (χ1n) is 7.29. The summed E-state index contributed by atoms with van der Waals surface area (Å²) in [6.45, 7) is 0. The van der Waals surface area contributed by atoms with Gasteiger partial charge in [0.05, 0.1) is 19.2 Å². The highest BCUT2D eigenvalue weighted by molar-refractivity contribution is 7.14. The van der Waals surface area contributed by atoms with Crippen LogP contribution in [0.4, 0.5) is 5.13 Å². The van der Waals surface area contributed by atoms with Gasteiger partial charge in [-0.2, -0.15) is 0 Å². The largest absolute Gasteiger partial charge is 0.496 e. The molecule has 0 unspecified atom stereocenters. The van der Waals surface area contributed by atoms with E-state index in [-0.39, 0.29) is 12.3 Å². The fourth-order valence-electron chi connectivity index (χ4n) is 2.26. The zero-order valence-corrected chi connectivity index (χ0v) is 14.5. The summed E-state index contributed by atoms with van der Waals surface area (Å²) in [6.07, 6.45) is 0.279. The maximum atomic E-state index is 12.1. The molecule has 2 aromatic carbocycles. The molecule has 1 aromatic heterocycles. The van der Waals surface area contributed by atoms with Crippen molar-refractivity contribution in [2.45, 2.75) is 6.42 Å². The van der Waals surface area contributed by atoms with Crippen molar-refractivity contribution in [3.05, 3.63) is 64.5 Å². The van der Waals surface area contributed by atoms with Crippen LogP contribution in [0.2, 0.25) is 5.02 Å². The Bertz CT molecular complexity index is 846. The van der Waals surface area contributed by atoms with Crippen molar-refractivity contribution in [1.82, 2.24) is 4.98 Å². The lowest BCUT2D eigenvalue weighted by Crippen LogP contribution is -2.14. The molecule has 0 atom stereocenters. The van der Waals surface area contributed by atoms with Gasteiger partial charge >= 0.3 is 0 Å². The summed E-state index contributed by atoms with van der Waals surface area (Å²) in [7, 11) is 1.63. The number of ether oxygens (including phenoxy) is 1. The van der Waals surface area contributed by atoms with E-state index in [1.807, 2.05) is 41.8 Å². The maximum absolute atomic E-state index is 12.1. The van der Waals surface area contributed by atoms with Gasteiger partial charge in [0.2, 0.25) is 5.91 Å². The van der Waals surface area contributed by atoms with Crippen molar-refractivity contribution in [2.75, 3.05) is 12.4 Å². The third-order valence-corrected chi connectivity index (χ3v) is 4.42. The number of hydrogen-bond donors (Lipinski definition) is 1. The number of benzene rings is 2. The molecule has 1 N–H and O–H groups in total. The van der Waals surface area contributed by atoms with Gasteiger partial charge in [0.25, 0.3) is 0 Å². The number of halogens is 1. The summed E-state index contributed by atoms with van der Waals surface area (Å²) in [6, 6.07) is 14.9. The SMILES string of the molecule is COc1ccccc1-c1csc(NC(=O)Cc2ccc(Cl)cc2)n1. The van der Waals surface area contributed by atoms with Crippen LogP contribution in [0.15, 0.2) is 53.9 Å². The molecule has 3 aromatic rings. The summed E-state index contributed by atoms with van der Waals surface area (Å²) in [5.41, 5.74) is 2.58. The number of methoxy groups -OCH3 is 1. The maximum Gasteiger partial charge on any atom is 0.230 e. The molecule has 0 saturated heterocycles. The molecule has 6 heteroatoms. The van der Waals surface area contributed by atoms with Crippen LogP contribution < -0.4 is 10.1 Å². The summed E-state index contributed by atoms with van der Waals surface area (Å²) >= 11 is 7.23. The summed E-state index contributed by atoms with van der Waals surface area (Å²) < 4.78 is 5.35. The van der Waals surface area contributed by atoms with E-state index in [9.17, 15) is 4.79 Å². The van der Waals surface area contributed by atoms with Crippen molar-refractivity contribution in [1.29, 1.82) is 0 Å². The highest BCUT2D eigenvalue weighted by Gasteiger charge is 2.11. The van der Waals surface area contributed by atoms with Crippen LogP contribution in [0.5, 0.6) is 5.75 Å². The molecule has 1 heterocycles. The van der Waals surface area contributed by atoms with Crippen LogP contribution in [0.3, 0.4) is 0 Å². The minimum Gasteiger partial charge on any atom is -0.496 e. The Morgan fingerprint density at radius 3 is 2.71 bits per heavy atom. The van der Waals surface area contributed by atoms with Gasteiger partial charge in [0.1, 0.15) is 5.75 Å². The number of carbonyl (C=O) groups excluding carboxylic acids is 1. The fourth-order valence-corrected chi connectivity index (χ4v) is 3.11. The molecule has 0 aliphatic heterocycles. The molecule has 0 spiro atoms. The van der Waals surface area contributed by atoms with Crippen molar-refractivity contribution in [3.63, 3.8) is 0 Å². The molecule has 3 rings (SSSR count). The molecule has 0 bridgehead atoms. The smallest absolute Gasteiger partial charge is 0.230 e. The zero-order chi connectivity index (χ0) is 16.9. The standard InChI is InChI=1S/C18H15ClN2O2S/c1-23-16-5-3-2-4-14(16)15-11-24-18(20-15)21-17(22)10-12-6-8-13(19)9-7-12/h2-9,11H,10H2,1H3,(H,20,21,22). The molecular weight excluding hydrogens is 344 g/mol. The number of anilines is 1. The highest BCUT2D eigenvalue weighted by atomic mass is 35.5. The first-order valence-corrected chi connectivity index (χ1v) is 8.54. The van der Waals surface area contributed by atoms with E-state index < -0.39 is 0 Å². The van der Waals surface area contributed by atoms with Crippen LogP contribution in [0, 0.1) is 0 Å². The number of hydrogen-bond acceptors (Lipinski definition) is 4. The summed E-state index contributed by atoms with van der Waals surface area (Å²) in [5.74, 6) is 0.639. The Kier molecular flexibility index (Phi) is 5.13. The quantitative estimate of drug-likeness (QED) is 0.722. The number of amides is 1. The Morgan fingerprint density at radius 1 is 1.21 bits per heavy atom. The Labute approximate surface area is 149 Å². The number of carbonyl (C=O) groups is 1. The molecule has 0 radical (unpaired) electrons. The van der Waals surface area contributed by atoms with E-state index in [4.69, 9.17) is 16.3 Å². The Morgan fingerprint density at radius 2 is 1.96 bits per heavy atom. The summed E-state index contributed by atoms with van der Waals surface area (Å²) in [5, 5.41) is 5.94. The molecule has 0 saturated carbocycles. The lowest BCUT2D eigenvalue weighted by atomic mass is 10.1. The van der Waals surface area contributed by atoms with E-state index in [0.29, 0.717) is 10.2 Å². The minimum atomic E-state index is -0.113. The van der Waals surface area contributed by atoms with Crippen LogP contribution in [-0.2, 0) is 11.2 Å². The van der Waals surface area contributed by atoms with Gasteiger partial charge in [0.15, 0.2) is 5.13 Å². The lowest BCUT2D eigenvalue weighted by Gasteiger charge is -2.05. The fraction of sp³-hybridized carbons (Fsp3) is 0.111. The van der Waals surface area contributed by atoms with Crippen LogP contribution in [0.1, 0.15) is 5.56 Å². The third kappa shape index (κ3) is 3.93. The first-order chi connectivity index (χ1) is 11.7. The van der Waals surface area contributed by atoms with Gasteiger partial charge in [-0.05, 0) is 29.8 Å². The van der Waals surface area contributed by atoms with Gasteiger partial charge in [0, 0.05) is 16.0 Å². The van der Waals surface area contributed by atoms with E-state index in [0.717, 1.165) is 22.6 Å². The normalized spacial score (nSPS) is 10.4. The van der Waals surface area contributed by atoms with Crippen molar-refractivity contribution in [2.24, 2.45) is 0 Å². The molecular formula is C18H15ClN2O2S. The number of thiazole rings is 1. The molecule has 0 aliphatic carbocycles. The first kappa shape index (κ1) is 16.5. The lowest BCUT2D eigenvalue weighted by molar-refractivity contribution is -0.115. The van der Waals surface area contributed by atoms with Crippen LogP contribution in [-0.4, -0.2) is 18.0 Å². The molecule has 1 amide bonds. The average Bonchev–Trinajstić information content (AvgIpc) is 3.05. The van der Waals surface area contributed by atoms with Crippen LogP contribution >= 0.6 is 22.9 Å². The predicted octanol–water partition coefficient (Wildman–Crippen LogP) is 4.65. The van der Waals surface area contributed by atoms with E-state index in [1.54, 1.807) is 19.2 Å². The third-order valence-electron chi connectivity index (χ3n) is 3.41. The second-order valence-electron chi connectivity index (χ2n) is 5.09. The van der Waals surface area contributed by atoms with E-state index >= 15 is 0 Å². The Balaban J connectivity index is 1.69. The van der Waals surface area contributed by atoms with Gasteiger partial charge < -0.3 is 10.1 Å². The number of para-hydroxylation sites is 1. The molecule has 0 fully saturated rings. The number of aromatic nitrogens is 1. The van der Waals surface area contributed by atoms with Crippen molar-refractivity contribution in [3.8, 4) is 17.0 Å². The monoisotopic (exact) mass is 358 g/mol. The molecule has 24 heavy (non-hydrogen) atoms. The molecule has 0 aliphatic rings. The molecule has 122 valence electrons. The minimum absolute atomic E-state index is 0.113. The Hall–Kier alpha value is -2.37. The second-order valence-corrected chi connectivity index (χ2v) is 6.38. The number of nitrogens with one attached hydrogen (secondary N) is 1. The van der Waals surface area contributed by atoms with E-state index in [1.165, 1.54) is 11.3 Å². The predicted molar refractivity (Wildman–Crippen MR) is 97.9 cm³/mol. The zero-order valence-electron chi connectivity index (χ0n) is 13.0. The number of nitrogens with zero attached hydrogens (tertiary/aromatic N) is 1. The van der Waals surface area contributed by atoms with Gasteiger partial charge in [-0.25, -0.2) is 4.98 Å². The number of rotatable bonds is 5.